The summed E-state index contributed by atoms with van der Waals surface area (Å²) >= 11 is 1.77. The van der Waals surface area contributed by atoms with E-state index in [0.29, 0.717) is 0 Å². The van der Waals surface area contributed by atoms with E-state index < -0.39 is 0 Å². The lowest BCUT2D eigenvalue weighted by molar-refractivity contribution is 1.34. The van der Waals surface area contributed by atoms with Gasteiger partial charge in [-0.3, -0.25) is 0 Å². The van der Waals surface area contributed by atoms with Gasteiger partial charge in [0.05, 0.1) is 15.2 Å². The van der Waals surface area contributed by atoms with Crippen LogP contribution in [0.1, 0.15) is 10.6 Å². The van der Waals surface area contributed by atoms with E-state index >= 15 is 0 Å². The SMILES string of the molecule is Cc1nc2cccc(C)c2s1. The lowest BCUT2D eigenvalue weighted by Gasteiger charge is -1.90. The Balaban J connectivity index is 2.90. The largest absolute Gasteiger partial charge is 0.242 e. The van der Waals surface area contributed by atoms with Gasteiger partial charge in [0.2, 0.25) is 0 Å². The van der Waals surface area contributed by atoms with E-state index in [-0.39, 0.29) is 0 Å². The molecule has 1 nitrogen and oxygen atoms in total. The van der Waals surface area contributed by atoms with Crippen molar-refractivity contribution < 1.29 is 0 Å². The zero-order valence-corrected chi connectivity index (χ0v) is 7.40. The fraction of sp³-hybridized carbons (Fsp3) is 0.222. The van der Waals surface area contributed by atoms with E-state index in [2.05, 4.69) is 30.1 Å². The van der Waals surface area contributed by atoms with Crippen molar-refractivity contribution in [3.05, 3.63) is 28.8 Å². The molecule has 11 heavy (non-hydrogen) atoms. The van der Waals surface area contributed by atoms with Gasteiger partial charge in [-0.2, -0.15) is 0 Å². The number of thiazole rings is 1. The molecule has 0 aliphatic heterocycles. The first-order valence-electron chi connectivity index (χ1n) is 3.60. The average molecular weight is 163 g/mol. The molecule has 0 atom stereocenters. The Morgan fingerprint density at radius 3 is 2.82 bits per heavy atom. The third-order valence-corrected chi connectivity index (χ3v) is 2.84. The Labute approximate surface area is 69.7 Å². The maximum absolute atomic E-state index is 4.39. The minimum absolute atomic E-state index is 1.13. The molecular weight excluding hydrogens is 154 g/mol. The number of nitrogens with zero attached hydrogens (tertiary/aromatic N) is 1. The highest BCUT2D eigenvalue weighted by Crippen LogP contribution is 2.24. The molecule has 0 amide bonds. The van der Waals surface area contributed by atoms with Crippen LogP contribution in [0, 0.1) is 13.8 Å². The van der Waals surface area contributed by atoms with Gasteiger partial charge in [0, 0.05) is 0 Å². The highest BCUT2D eigenvalue weighted by molar-refractivity contribution is 7.18. The van der Waals surface area contributed by atoms with Crippen molar-refractivity contribution in [3.8, 4) is 0 Å². The molecule has 0 fully saturated rings. The molecule has 0 saturated carbocycles. The van der Waals surface area contributed by atoms with Gasteiger partial charge in [-0.05, 0) is 25.5 Å². The fourth-order valence-electron chi connectivity index (χ4n) is 1.20. The van der Waals surface area contributed by atoms with Crippen LogP contribution in [0.4, 0.5) is 0 Å². The minimum Gasteiger partial charge on any atom is -0.242 e. The summed E-state index contributed by atoms with van der Waals surface area (Å²) in [6.07, 6.45) is 0. The van der Waals surface area contributed by atoms with Crippen molar-refractivity contribution in [2.75, 3.05) is 0 Å². The topological polar surface area (TPSA) is 12.9 Å². The molecule has 0 spiro atoms. The Morgan fingerprint density at radius 1 is 1.27 bits per heavy atom. The molecule has 1 aromatic heterocycles. The molecule has 2 rings (SSSR count). The summed E-state index contributed by atoms with van der Waals surface area (Å²) in [5, 5.41) is 1.15. The molecule has 56 valence electrons. The van der Waals surface area contributed by atoms with Crippen molar-refractivity contribution in [2.45, 2.75) is 13.8 Å². The molecule has 0 saturated heterocycles. The van der Waals surface area contributed by atoms with Crippen LogP contribution in [0.3, 0.4) is 0 Å². The third-order valence-electron chi connectivity index (χ3n) is 1.72. The Kier molecular flexibility index (Phi) is 1.43. The van der Waals surface area contributed by atoms with Gasteiger partial charge in [-0.15, -0.1) is 11.3 Å². The maximum atomic E-state index is 4.39. The minimum atomic E-state index is 1.13. The van der Waals surface area contributed by atoms with Crippen molar-refractivity contribution in [2.24, 2.45) is 0 Å². The summed E-state index contributed by atoms with van der Waals surface area (Å²) in [6, 6.07) is 6.24. The first-order chi connectivity index (χ1) is 5.27. The molecule has 0 aliphatic carbocycles. The predicted molar refractivity (Wildman–Crippen MR) is 49.1 cm³/mol. The predicted octanol–water partition coefficient (Wildman–Crippen LogP) is 2.91. The smallest absolute Gasteiger partial charge is 0.0907 e. The standard InChI is InChI=1S/C9H9NS/c1-6-4-3-5-8-9(6)11-7(2)10-8/h3-5H,1-2H3. The van der Waals surface area contributed by atoms with Crippen LogP contribution in [0.25, 0.3) is 10.2 Å². The molecular formula is C9H9NS. The van der Waals surface area contributed by atoms with Crippen molar-refractivity contribution >= 4 is 21.6 Å². The van der Waals surface area contributed by atoms with E-state index in [0.717, 1.165) is 10.5 Å². The summed E-state index contributed by atoms with van der Waals surface area (Å²) < 4.78 is 1.32. The molecule has 2 heteroatoms. The molecule has 1 heterocycles. The highest BCUT2D eigenvalue weighted by Gasteiger charge is 2.00. The summed E-state index contributed by atoms with van der Waals surface area (Å²) in [5.41, 5.74) is 2.46. The summed E-state index contributed by atoms with van der Waals surface area (Å²) in [5.74, 6) is 0. The molecule has 2 aromatic rings. The van der Waals surface area contributed by atoms with Crippen LogP contribution in [-0.4, -0.2) is 4.98 Å². The van der Waals surface area contributed by atoms with Gasteiger partial charge in [0.15, 0.2) is 0 Å². The molecule has 0 aliphatic rings. The zero-order valence-electron chi connectivity index (χ0n) is 6.59. The van der Waals surface area contributed by atoms with Crippen LogP contribution < -0.4 is 0 Å². The van der Waals surface area contributed by atoms with Gasteiger partial charge >= 0.3 is 0 Å². The molecule has 1 aromatic carbocycles. The number of aryl methyl sites for hydroxylation is 2. The lowest BCUT2D eigenvalue weighted by Crippen LogP contribution is -1.71. The zero-order chi connectivity index (χ0) is 7.84. The highest BCUT2D eigenvalue weighted by atomic mass is 32.1. The van der Waals surface area contributed by atoms with E-state index in [9.17, 15) is 0 Å². The molecule has 0 radical (unpaired) electrons. The normalized spacial score (nSPS) is 10.7. The average Bonchev–Trinajstić information content (AvgIpc) is 2.31. The lowest BCUT2D eigenvalue weighted by atomic mass is 10.2. The van der Waals surface area contributed by atoms with Crippen LogP contribution in [0.15, 0.2) is 18.2 Å². The van der Waals surface area contributed by atoms with Gasteiger partial charge < -0.3 is 0 Å². The second-order valence-electron chi connectivity index (χ2n) is 2.66. The summed E-state index contributed by atoms with van der Waals surface area (Å²) in [6.45, 7) is 4.17. The van der Waals surface area contributed by atoms with Crippen LogP contribution >= 0.6 is 11.3 Å². The number of hydrogen-bond acceptors (Lipinski definition) is 2. The van der Waals surface area contributed by atoms with Crippen LogP contribution in [-0.2, 0) is 0 Å². The van der Waals surface area contributed by atoms with Gasteiger partial charge in [-0.25, -0.2) is 4.98 Å². The number of fused-ring (bicyclic) bond motifs is 1. The monoisotopic (exact) mass is 163 g/mol. The van der Waals surface area contributed by atoms with Crippen molar-refractivity contribution in [1.82, 2.24) is 4.98 Å². The van der Waals surface area contributed by atoms with E-state index in [1.165, 1.54) is 10.3 Å². The third kappa shape index (κ3) is 1.03. The number of aromatic nitrogens is 1. The second kappa shape index (κ2) is 2.31. The second-order valence-corrected chi connectivity index (χ2v) is 3.86. The fourth-order valence-corrected chi connectivity index (χ4v) is 2.08. The molecule has 0 bridgehead atoms. The van der Waals surface area contributed by atoms with E-state index in [1.54, 1.807) is 11.3 Å². The van der Waals surface area contributed by atoms with Crippen molar-refractivity contribution in [3.63, 3.8) is 0 Å². The number of benzene rings is 1. The first kappa shape index (κ1) is 6.80. The Morgan fingerprint density at radius 2 is 2.09 bits per heavy atom. The summed E-state index contributed by atoms with van der Waals surface area (Å²) in [7, 11) is 0. The summed E-state index contributed by atoms with van der Waals surface area (Å²) in [4.78, 5) is 4.39. The number of rotatable bonds is 0. The first-order valence-corrected chi connectivity index (χ1v) is 4.42. The van der Waals surface area contributed by atoms with Crippen LogP contribution in [0.5, 0.6) is 0 Å². The number of hydrogen-bond donors (Lipinski definition) is 0. The molecule has 0 unspecified atom stereocenters. The molecule has 0 N–H and O–H groups in total. The Hall–Kier alpha value is -0.890. The quantitative estimate of drug-likeness (QED) is 0.582. The van der Waals surface area contributed by atoms with Crippen molar-refractivity contribution in [1.29, 1.82) is 0 Å². The van der Waals surface area contributed by atoms with E-state index in [1.807, 2.05) is 6.92 Å². The van der Waals surface area contributed by atoms with Gasteiger partial charge in [0.25, 0.3) is 0 Å². The van der Waals surface area contributed by atoms with Gasteiger partial charge in [0.1, 0.15) is 0 Å². The van der Waals surface area contributed by atoms with E-state index in [4.69, 9.17) is 0 Å². The Bertz CT molecular complexity index is 389. The van der Waals surface area contributed by atoms with Gasteiger partial charge in [-0.1, -0.05) is 12.1 Å². The van der Waals surface area contributed by atoms with Crippen LogP contribution in [0.2, 0.25) is 0 Å². The maximum Gasteiger partial charge on any atom is 0.0907 e.